The molecule has 1 aliphatic heterocycles. The number of aliphatic imine (C=N–C) groups is 1. The standard InChI is InChI=1S/C23H30N4O2.HI/c1-24-23(25-13-15-29-21-10-6-3-7-11-21)26-17-20-16-22(28)27(18-20)14-12-19-8-4-2-5-9-19;/h2-11,20H,12-18H2,1H3,(H2,24,25,26);1H. The second-order valence-electron chi connectivity index (χ2n) is 7.19. The summed E-state index contributed by atoms with van der Waals surface area (Å²) in [5.41, 5.74) is 1.27. The number of guanidine groups is 1. The Morgan fingerprint density at radius 1 is 1.10 bits per heavy atom. The Bertz CT molecular complexity index is 786. The normalized spacial score (nSPS) is 16.2. The van der Waals surface area contributed by atoms with E-state index in [-0.39, 0.29) is 29.9 Å². The topological polar surface area (TPSA) is 66.0 Å². The molecule has 1 heterocycles. The number of rotatable bonds is 9. The molecule has 7 heteroatoms. The molecule has 0 saturated carbocycles. The van der Waals surface area contributed by atoms with Crippen LogP contribution in [0.25, 0.3) is 0 Å². The number of para-hydroxylation sites is 1. The Morgan fingerprint density at radius 2 is 1.80 bits per heavy atom. The van der Waals surface area contributed by atoms with Gasteiger partial charge in [0, 0.05) is 39.0 Å². The first kappa shape index (κ1) is 24.0. The van der Waals surface area contributed by atoms with Crippen LogP contribution in [0.3, 0.4) is 0 Å². The number of ether oxygens (including phenoxy) is 1. The zero-order valence-electron chi connectivity index (χ0n) is 17.4. The Labute approximate surface area is 196 Å². The zero-order chi connectivity index (χ0) is 20.3. The van der Waals surface area contributed by atoms with Crippen LogP contribution in [0, 0.1) is 5.92 Å². The van der Waals surface area contributed by atoms with E-state index in [0.717, 1.165) is 37.8 Å². The van der Waals surface area contributed by atoms with Crippen LogP contribution >= 0.6 is 24.0 Å². The van der Waals surface area contributed by atoms with Crippen LogP contribution in [0.2, 0.25) is 0 Å². The monoisotopic (exact) mass is 522 g/mol. The average molecular weight is 522 g/mol. The summed E-state index contributed by atoms with van der Waals surface area (Å²) in [6.07, 6.45) is 1.49. The van der Waals surface area contributed by atoms with Gasteiger partial charge in [-0.25, -0.2) is 0 Å². The Balaban J connectivity index is 0.00000320. The first-order valence-electron chi connectivity index (χ1n) is 10.2. The first-order valence-corrected chi connectivity index (χ1v) is 10.2. The molecule has 6 nitrogen and oxygen atoms in total. The van der Waals surface area contributed by atoms with Crippen molar-refractivity contribution in [3.05, 3.63) is 66.2 Å². The fourth-order valence-corrected chi connectivity index (χ4v) is 3.43. The largest absolute Gasteiger partial charge is 0.492 e. The van der Waals surface area contributed by atoms with Gasteiger partial charge in [0.15, 0.2) is 5.96 Å². The molecule has 30 heavy (non-hydrogen) atoms. The van der Waals surface area contributed by atoms with E-state index in [1.807, 2.05) is 53.4 Å². The van der Waals surface area contributed by atoms with Crippen molar-refractivity contribution in [1.29, 1.82) is 0 Å². The number of amides is 1. The van der Waals surface area contributed by atoms with Crippen molar-refractivity contribution < 1.29 is 9.53 Å². The molecule has 2 N–H and O–H groups in total. The number of likely N-dealkylation sites (tertiary alicyclic amines) is 1. The van der Waals surface area contributed by atoms with Crippen molar-refractivity contribution in [1.82, 2.24) is 15.5 Å². The van der Waals surface area contributed by atoms with Crippen LogP contribution in [0.15, 0.2) is 65.7 Å². The molecule has 0 spiro atoms. The summed E-state index contributed by atoms with van der Waals surface area (Å²) in [6.45, 7) is 3.52. The summed E-state index contributed by atoms with van der Waals surface area (Å²) in [4.78, 5) is 18.5. The van der Waals surface area contributed by atoms with Gasteiger partial charge in [0.1, 0.15) is 12.4 Å². The number of hydrogen-bond donors (Lipinski definition) is 2. The van der Waals surface area contributed by atoms with Gasteiger partial charge in [-0.3, -0.25) is 9.79 Å². The lowest BCUT2D eigenvalue weighted by atomic mass is 10.1. The molecule has 1 aliphatic rings. The molecule has 1 saturated heterocycles. The van der Waals surface area contributed by atoms with E-state index in [9.17, 15) is 4.79 Å². The van der Waals surface area contributed by atoms with Gasteiger partial charge in [-0.1, -0.05) is 48.5 Å². The highest BCUT2D eigenvalue weighted by molar-refractivity contribution is 14.0. The van der Waals surface area contributed by atoms with Gasteiger partial charge in [0.05, 0.1) is 6.54 Å². The van der Waals surface area contributed by atoms with Gasteiger partial charge in [-0.2, -0.15) is 0 Å². The highest BCUT2D eigenvalue weighted by Gasteiger charge is 2.29. The number of nitrogens with zero attached hydrogens (tertiary/aromatic N) is 2. The lowest BCUT2D eigenvalue weighted by Crippen LogP contribution is -2.41. The fraction of sp³-hybridized carbons (Fsp3) is 0.391. The van der Waals surface area contributed by atoms with E-state index in [0.29, 0.717) is 25.5 Å². The summed E-state index contributed by atoms with van der Waals surface area (Å²) in [5, 5.41) is 6.58. The lowest BCUT2D eigenvalue weighted by Gasteiger charge is -2.18. The zero-order valence-corrected chi connectivity index (χ0v) is 19.8. The minimum atomic E-state index is 0. The predicted octanol–water partition coefficient (Wildman–Crippen LogP) is 2.94. The van der Waals surface area contributed by atoms with Crippen LogP contribution in [0.5, 0.6) is 5.75 Å². The van der Waals surface area contributed by atoms with Crippen LogP contribution in [-0.2, 0) is 11.2 Å². The fourth-order valence-electron chi connectivity index (χ4n) is 3.43. The molecule has 162 valence electrons. The van der Waals surface area contributed by atoms with Gasteiger partial charge in [0.2, 0.25) is 5.91 Å². The van der Waals surface area contributed by atoms with Gasteiger partial charge in [0.25, 0.3) is 0 Å². The Morgan fingerprint density at radius 3 is 2.50 bits per heavy atom. The predicted molar refractivity (Wildman–Crippen MR) is 132 cm³/mol. The van der Waals surface area contributed by atoms with Gasteiger partial charge in [-0.15, -0.1) is 24.0 Å². The molecule has 0 radical (unpaired) electrons. The molecule has 2 aromatic rings. The molecule has 1 atom stereocenters. The molecule has 1 unspecified atom stereocenters. The van der Waals surface area contributed by atoms with Crippen molar-refractivity contribution in [3.63, 3.8) is 0 Å². The molecule has 3 rings (SSSR count). The lowest BCUT2D eigenvalue weighted by molar-refractivity contribution is -0.127. The third-order valence-electron chi connectivity index (χ3n) is 5.00. The number of nitrogens with one attached hydrogen (secondary N) is 2. The van der Waals surface area contributed by atoms with Crippen molar-refractivity contribution in [2.45, 2.75) is 12.8 Å². The van der Waals surface area contributed by atoms with Gasteiger partial charge < -0.3 is 20.3 Å². The SMILES string of the molecule is CN=C(NCCOc1ccccc1)NCC1CC(=O)N(CCc2ccccc2)C1.I. The van der Waals surface area contributed by atoms with Crippen LogP contribution in [0.1, 0.15) is 12.0 Å². The third-order valence-corrected chi connectivity index (χ3v) is 5.00. The minimum Gasteiger partial charge on any atom is -0.492 e. The quantitative estimate of drug-likeness (QED) is 0.230. The Hall–Kier alpha value is -2.29. The van der Waals surface area contributed by atoms with Crippen molar-refractivity contribution >= 4 is 35.8 Å². The maximum absolute atomic E-state index is 12.3. The Kier molecular flexibility index (Phi) is 10.5. The summed E-state index contributed by atoms with van der Waals surface area (Å²) in [5.74, 6) is 2.14. The van der Waals surface area contributed by atoms with E-state index < -0.39 is 0 Å². The molecule has 1 amide bonds. The number of hydrogen-bond acceptors (Lipinski definition) is 3. The average Bonchev–Trinajstić information content (AvgIpc) is 3.12. The van der Waals surface area contributed by atoms with Crippen LogP contribution in [0.4, 0.5) is 0 Å². The maximum Gasteiger partial charge on any atom is 0.223 e. The number of benzene rings is 2. The first-order chi connectivity index (χ1) is 14.2. The second-order valence-corrected chi connectivity index (χ2v) is 7.19. The molecule has 0 aromatic heterocycles. The van der Waals surface area contributed by atoms with E-state index in [4.69, 9.17) is 4.74 Å². The summed E-state index contributed by atoms with van der Waals surface area (Å²) >= 11 is 0. The van der Waals surface area contributed by atoms with E-state index in [1.165, 1.54) is 5.56 Å². The van der Waals surface area contributed by atoms with Crippen molar-refractivity contribution in [2.75, 3.05) is 39.8 Å². The second kappa shape index (κ2) is 13.1. The molecule has 2 aromatic carbocycles. The molecular formula is C23H31IN4O2. The minimum absolute atomic E-state index is 0. The van der Waals surface area contributed by atoms with Crippen LogP contribution < -0.4 is 15.4 Å². The van der Waals surface area contributed by atoms with E-state index in [1.54, 1.807) is 7.05 Å². The molecular weight excluding hydrogens is 491 g/mol. The molecule has 0 bridgehead atoms. The van der Waals surface area contributed by atoms with Gasteiger partial charge in [-0.05, 0) is 24.1 Å². The maximum atomic E-state index is 12.3. The number of carbonyl (C=O) groups excluding carboxylic acids is 1. The van der Waals surface area contributed by atoms with E-state index >= 15 is 0 Å². The highest BCUT2D eigenvalue weighted by atomic mass is 127. The summed E-state index contributed by atoms with van der Waals surface area (Å²) in [6, 6.07) is 20.1. The van der Waals surface area contributed by atoms with Crippen molar-refractivity contribution in [2.24, 2.45) is 10.9 Å². The molecule has 1 fully saturated rings. The smallest absolute Gasteiger partial charge is 0.223 e. The highest BCUT2D eigenvalue weighted by Crippen LogP contribution is 2.17. The summed E-state index contributed by atoms with van der Waals surface area (Å²) in [7, 11) is 1.75. The van der Waals surface area contributed by atoms with Gasteiger partial charge >= 0.3 is 0 Å². The van der Waals surface area contributed by atoms with E-state index in [2.05, 4.69) is 27.8 Å². The van der Waals surface area contributed by atoms with Crippen LogP contribution in [-0.4, -0.2) is 56.6 Å². The third kappa shape index (κ3) is 7.85. The number of carbonyl (C=O) groups is 1. The number of halogens is 1. The molecule has 0 aliphatic carbocycles. The van der Waals surface area contributed by atoms with Crippen molar-refractivity contribution in [3.8, 4) is 5.75 Å². The summed E-state index contributed by atoms with van der Waals surface area (Å²) < 4.78 is 5.67.